The Hall–Kier alpha value is -3.17. The molecule has 1 N–H and O–H groups in total. The molecule has 1 saturated carbocycles. The molecule has 1 fully saturated rings. The standard InChI is InChI=1S/C36H40N3O2.Pt/c1-21(2)26-19-28(22(3)4)35(29(20-26)23(5)6)39-31-14-9-13-30(31)37-36(39)25-11-7-12-27(18-25)41-33-17-16-24-10-8-15-32(40)34(24)38-33;/h7-8,10-12,15-17,19-23,30-31,40H,9,13-14H2,1-6H3;/q-1;/t30-,31-;/m0./s1. The first kappa shape index (κ1) is 30.3. The Balaban J connectivity index is 0.00000353. The third-order valence-corrected chi connectivity index (χ3v) is 8.53. The van der Waals surface area contributed by atoms with Gasteiger partial charge >= 0.3 is 0 Å². The summed E-state index contributed by atoms with van der Waals surface area (Å²) in [5, 5.41) is 11.2. The molecular weight excluding hydrogens is 701 g/mol. The van der Waals surface area contributed by atoms with E-state index in [2.05, 4.69) is 75.7 Å². The van der Waals surface area contributed by atoms with Crippen LogP contribution in [0.15, 0.2) is 65.7 Å². The molecule has 3 aromatic carbocycles. The normalized spacial score (nSPS) is 18.1. The Labute approximate surface area is 264 Å². The van der Waals surface area contributed by atoms with Crippen molar-refractivity contribution in [1.29, 1.82) is 0 Å². The Morgan fingerprint density at radius 3 is 2.29 bits per heavy atom. The molecule has 1 aliphatic carbocycles. The van der Waals surface area contributed by atoms with E-state index in [0.29, 0.717) is 40.9 Å². The number of pyridine rings is 1. The van der Waals surface area contributed by atoms with Crippen molar-refractivity contribution in [2.45, 2.75) is 90.6 Å². The van der Waals surface area contributed by atoms with E-state index in [-0.39, 0.29) is 32.9 Å². The topological polar surface area (TPSA) is 58.0 Å². The van der Waals surface area contributed by atoms with Gasteiger partial charge in [0.05, 0.1) is 11.9 Å². The van der Waals surface area contributed by atoms with Crippen LogP contribution < -0.4 is 9.64 Å². The first-order valence-corrected chi connectivity index (χ1v) is 15.0. The number of rotatable bonds is 7. The van der Waals surface area contributed by atoms with Crippen LogP contribution in [0.4, 0.5) is 5.69 Å². The quantitative estimate of drug-likeness (QED) is 0.192. The third kappa shape index (κ3) is 5.61. The van der Waals surface area contributed by atoms with E-state index < -0.39 is 0 Å². The van der Waals surface area contributed by atoms with Crippen LogP contribution in [0.25, 0.3) is 10.9 Å². The van der Waals surface area contributed by atoms with Gasteiger partial charge in [0, 0.05) is 50.0 Å². The second-order valence-electron chi connectivity index (χ2n) is 12.4. The molecule has 0 bridgehead atoms. The van der Waals surface area contributed by atoms with Gasteiger partial charge in [-0.2, -0.15) is 0 Å². The van der Waals surface area contributed by atoms with Crippen LogP contribution in [0.2, 0.25) is 0 Å². The number of para-hydroxylation sites is 1. The van der Waals surface area contributed by atoms with Gasteiger partial charge in [0.2, 0.25) is 5.88 Å². The van der Waals surface area contributed by atoms with Gasteiger partial charge in [0.15, 0.2) is 0 Å². The summed E-state index contributed by atoms with van der Waals surface area (Å²) in [7, 11) is 0. The van der Waals surface area contributed by atoms with E-state index in [1.807, 2.05) is 36.4 Å². The monoisotopic (exact) mass is 741 g/mol. The van der Waals surface area contributed by atoms with E-state index in [1.54, 1.807) is 6.07 Å². The minimum absolute atomic E-state index is 0. The van der Waals surface area contributed by atoms with Crippen molar-refractivity contribution in [3.63, 3.8) is 0 Å². The van der Waals surface area contributed by atoms with Crippen LogP contribution in [0.3, 0.4) is 0 Å². The fraction of sp³-hybridized carbons (Fsp3) is 0.389. The predicted molar refractivity (Wildman–Crippen MR) is 168 cm³/mol. The molecular formula is C36H40N3O2Pt-. The van der Waals surface area contributed by atoms with E-state index in [0.717, 1.165) is 29.6 Å². The first-order chi connectivity index (χ1) is 19.7. The molecule has 6 heteroatoms. The van der Waals surface area contributed by atoms with Crippen molar-refractivity contribution in [2.75, 3.05) is 4.90 Å². The summed E-state index contributed by atoms with van der Waals surface area (Å²) >= 11 is 0. The van der Waals surface area contributed by atoms with Gasteiger partial charge in [0.25, 0.3) is 0 Å². The molecule has 0 radical (unpaired) electrons. The van der Waals surface area contributed by atoms with E-state index in [9.17, 15) is 5.11 Å². The zero-order chi connectivity index (χ0) is 28.8. The predicted octanol–water partition coefficient (Wildman–Crippen LogP) is 9.09. The van der Waals surface area contributed by atoms with Gasteiger partial charge < -0.3 is 19.7 Å². The van der Waals surface area contributed by atoms with Gasteiger partial charge in [-0.3, -0.25) is 0 Å². The second kappa shape index (κ2) is 12.2. The molecule has 0 amide bonds. The van der Waals surface area contributed by atoms with Gasteiger partial charge in [-0.1, -0.05) is 71.9 Å². The van der Waals surface area contributed by atoms with Crippen LogP contribution in [0.1, 0.15) is 101 Å². The van der Waals surface area contributed by atoms with Crippen LogP contribution in [0.5, 0.6) is 17.4 Å². The second-order valence-corrected chi connectivity index (χ2v) is 12.4. The molecule has 0 spiro atoms. The number of benzene rings is 3. The zero-order valence-electron chi connectivity index (χ0n) is 25.3. The molecule has 5 nitrogen and oxygen atoms in total. The van der Waals surface area contributed by atoms with E-state index >= 15 is 0 Å². The van der Waals surface area contributed by atoms with Crippen molar-refractivity contribution < 1.29 is 30.9 Å². The van der Waals surface area contributed by atoms with Gasteiger partial charge in [-0.25, -0.2) is 4.98 Å². The number of hydrogen-bond acceptors (Lipinski definition) is 5. The van der Waals surface area contributed by atoms with Crippen molar-refractivity contribution in [1.82, 2.24) is 4.98 Å². The molecule has 4 aromatic rings. The summed E-state index contributed by atoms with van der Waals surface area (Å²) in [6.07, 6.45) is 3.46. The van der Waals surface area contributed by atoms with Crippen LogP contribution in [0, 0.1) is 6.07 Å². The molecule has 2 heterocycles. The molecule has 2 aliphatic rings. The molecule has 2 atom stereocenters. The maximum atomic E-state index is 10.3. The number of nitrogens with zero attached hydrogens (tertiary/aromatic N) is 3. The minimum atomic E-state index is 0. The number of phenols is 1. The molecule has 222 valence electrons. The van der Waals surface area contributed by atoms with Crippen LogP contribution >= 0.6 is 0 Å². The number of amidine groups is 1. The first-order valence-electron chi connectivity index (χ1n) is 15.0. The number of aliphatic imine (C=N–C) groups is 1. The van der Waals surface area contributed by atoms with E-state index in [1.165, 1.54) is 28.8 Å². The SMILES string of the molecule is CC(C)c1cc(C(C)C)c(N2C(c3[c-]c(Oc4ccc5cccc(O)c5n4)ccc3)=N[C@H]3CCC[C@@H]32)c(C(C)C)c1.[Pt]. The Bertz CT molecular complexity index is 1600. The number of ether oxygens (including phenoxy) is 1. The zero-order valence-corrected chi connectivity index (χ0v) is 27.6. The summed E-state index contributed by atoms with van der Waals surface area (Å²) in [4.78, 5) is 12.5. The Kier molecular flexibility index (Phi) is 8.80. The maximum Gasteiger partial charge on any atom is 0.217 e. The fourth-order valence-electron chi connectivity index (χ4n) is 6.34. The Morgan fingerprint density at radius 2 is 1.60 bits per heavy atom. The van der Waals surface area contributed by atoms with Crippen LogP contribution in [-0.4, -0.2) is 28.0 Å². The summed E-state index contributed by atoms with van der Waals surface area (Å²) in [5.41, 5.74) is 6.97. The molecule has 42 heavy (non-hydrogen) atoms. The number of hydrogen-bond donors (Lipinski definition) is 1. The smallest absolute Gasteiger partial charge is 0.217 e. The van der Waals surface area contributed by atoms with Crippen LogP contribution in [-0.2, 0) is 21.1 Å². The number of fused-ring (bicyclic) bond motifs is 2. The number of aromatic hydroxyl groups is 1. The minimum Gasteiger partial charge on any atom is -0.506 e. The van der Waals surface area contributed by atoms with Crippen molar-refractivity contribution in [2.24, 2.45) is 4.99 Å². The molecule has 1 aliphatic heterocycles. The molecule has 0 unspecified atom stereocenters. The fourth-order valence-corrected chi connectivity index (χ4v) is 6.34. The van der Waals surface area contributed by atoms with Crippen molar-refractivity contribution >= 4 is 22.4 Å². The van der Waals surface area contributed by atoms with Gasteiger partial charge in [0.1, 0.15) is 11.3 Å². The van der Waals surface area contributed by atoms with Gasteiger partial charge in [-0.05, 0) is 65.8 Å². The number of phenolic OH excluding ortho intramolecular Hbond substituents is 1. The van der Waals surface area contributed by atoms with Gasteiger partial charge in [-0.15, -0.1) is 23.8 Å². The largest absolute Gasteiger partial charge is 0.506 e. The van der Waals surface area contributed by atoms with Crippen molar-refractivity contribution in [3.8, 4) is 17.4 Å². The number of anilines is 1. The molecule has 6 rings (SSSR count). The molecule has 0 saturated heterocycles. The number of aromatic nitrogens is 1. The van der Waals surface area contributed by atoms with Crippen molar-refractivity contribution in [3.05, 3.63) is 89.0 Å². The third-order valence-electron chi connectivity index (χ3n) is 8.53. The van der Waals surface area contributed by atoms with E-state index in [4.69, 9.17) is 9.73 Å². The summed E-state index contributed by atoms with van der Waals surface area (Å²) in [5.74, 6) is 3.36. The summed E-state index contributed by atoms with van der Waals surface area (Å²) < 4.78 is 6.19. The maximum absolute atomic E-state index is 10.3. The summed E-state index contributed by atoms with van der Waals surface area (Å²) in [6, 6.07) is 24.1. The summed E-state index contributed by atoms with van der Waals surface area (Å²) in [6.45, 7) is 13.8. The molecule has 1 aromatic heterocycles. The Morgan fingerprint density at radius 1 is 0.881 bits per heavy atom. The average molecular weight is 742 g/mol. The average Bonchev–Trinajstić information content (AvgIpc) is 3.54.